The number of carbonyl (C=O) groups excluding carboxylic acids is 3. The number of likely N-dealkylation sites (N-methyl/N-ethyl adjacent to an activating group) is 1. The van der Waals surface area contributed by atoms with Crippen molar-refractivity contribution in [2.45, 2.75) is 12.1 Å². The van der Waals surface area contributed by atoms with Gasteiger partial charge in [0.25, 0.3) is 5.91 Å². The molecule has 0 saturated carbocycles. The van der Waals surface area contributed by atoms with Gasteiger partial charge in [0.05, 0.1) is 25.6 Å². The van der Waals surface area contributed by atoms with Crippen LogP contribution in [-0.2, 0) is 14.3 Å². The molecule has 0 aliphatic carbocycles. The van der Waals surface area contributed by atoms with E-state index >= 15 is 0 Å². The molecule has 0 aromatic carbocycles. The largest absolute Gasteiger partial charge is 0.452 e. The van der Waals surface area contributed by atoms with Crippen molar-refractivity contribution < 1.29 is 19.1 Å². The number of methoxy groups -OCH3 is 1. The minimum Gasteiger partial charge on any atom is -0.452 e. The third-order valence-electron chi connectivity index (χ3n) is 4.27. The predicted molar refractivity (Wildman–Crippen MR) is 91.1 cm³/mol. The van der Waals surface area contributed by atoms with Crippen LogP contribution in [0.3, 0.4) is 0 Å². The summed E-state index contributed by atoms with van der Waals surface area (Å²) in [6, 6.07) is 2.45. The maximum absolute atomic E-state index is 12.7. The van der Waals surface area contributed by atoms with Crippen molar-refractivity contribution >= 4 is 45.2 Å². The van der Waals surface area contributed by atoms with Gasteiger partial charge in [0.2, 0.25) is 5.91 Å². The van der Waals surface area contributed by atoms with Crippen molar-refractivity contribution in [1.82, 2.24) is 14.9 Å². The Morgan fingerprint density at radius 2 is 2.08 bits per heavy atom. The molecule has 128 valence electrons. The Morgan fingerprint density at radius 1 is 1.38 bits per heavy atom. The van der Waals surface area contributed by atoms with Gasteiger partial charge in [-0.2, -0.15) is 0 Å². The standard InChI is InChI=1S/C15H16BrN3O4S/c1-8(16)7-18-11(9-5-4-6-24-9)10-12(19(18)15(22)23-3)14(21)17(2)13(10)20/h4-6,10-12H,1,7H2,2-3H3/t10-,11-,12+/m1/s1. The lowest BCUT2D eigenvalue weighted by Gasteiger charge is -2.33. The van der Waals surface area contributed by atoms with Crippen LogP contribution >= 0.6 is 27.3 Å². The molecule has 2 fully saturated rings. The number of hydrogen-bond acceptors (Lipinski definition) is 6. The number of ether oxygens (including phenoxy) is 1. The number of likely N-dealkylation sites (tertiary alicyclic amines) is 1. The number of carbonyl (C=O) groups is 3. The molecule has 2 aliphatic heterocycles. The average Bonchev–Trinajstić information content (AvgIpc) is 3.21. The van der Waals surface area contributed by atoms with Gasteiger partial charge >= 0.3 is 6.09 Å². The van der Waals surface area contributed by atoms with Crippen LogP contribution in [0.15, 0.2) is 28.6 Å². The lowest BCUT2D eigenvalue weighted by Crippen LogP contribution is -2.50. The maximum Gasteiger partial charge on any atom is 0.424 e. The minimum atomic E-state index is -0.895. The Hall–Kier alpha value is -1.71. The number of hydrazine groups is 1. The molecule has 7 nitrogen and oxygen atoms in total. The second-order valence-corrected chi connectivity index (χ2v) is 7.70. The summed E-state index contributed by atoms with van der Waals surface area (Å²) in [5.41, 5.74) is 0. The van der Waals surface area contributed by atoms with Crippen LogP contribution in [-0.4, -0.2) is 59.6 Å². The average molecular weight is 414 g/mol. The highest BCUT2D eigenvalue weighted by atomic mass is 79.9. The summed E-state index contributed by atoms with van der Waals surface area (Å²) in [5, 5.41) is 4.84. The van der Waals surface area contributed by atoms with Crippen molar-refractivity contribution in [2.75, 3.05) is 20.7 Å². The normalized spacial score (nSPS) is 26.9. The highest BCUT2D eigenvalue weighted by Crippen LogP contribution is 2.47. The molecule has 0 unspecified atom stereocenters. The Balaban J connectivity index is 2.13. The van der Waals surface area contributed by atoms with E-state index in [-0.39, 0.29) is 12.5 Å². The van der Waals surface area contributed by atoms with Crippen molar-refractivity contribution in [3.8, 4) is 0 Å². The first-order valence-corrected chi connectivity index (χ1v) is 8.87. The maximum atomic E-state index is 12.7. The minimum absolute atomic E-state index is 0.273. The Kier molecular flexibility index (Phi) is 4.50. The van der Waals surface area contributed by atoms with Gasteiger partial charge in [0.1, 0.15) is 6.04 Å². The van der Waals surface area contributed by atoms with Crippen LogP contribution in [0.1, 0.15) is 10.9 Å². The van der Waals surface area contributed by atoms with Crippen LogP contribution in [0.2, 0.25) is 0 Å². The van der Waals surface area contributed by atoms with Gasteiger partial charge in [-0.25, -0.2) is 14.8 Å². The van der Waals surface area contributed by atoms with E-state index in [0.29, 0.717) is 4.48 Å². The zero-order chi connectivity index (χ0) is 17.6. The monoisotopic (exact) mass is 413 g/mol. The van der Waals surface area contributed by atoms with E-state index in [4.69, 9.17) is 4.74 Å². The Morgan fingerprint density at radius 3 is 2.62 bits per heavy atom. The third-order valence-corrected chi connectivity index (χ3v) is 5.46. The van der Waals surface area contributed by atoms with Crippen LogP contribution in [0.5, 0.6) is 0 Å². The molecule has 0 N–H and O–H groups in total. The first kappa shape index (κ1) is 17.1. The van der Waals surface area contributed by atoms with Crippen molar-refractivity contribution in [1.29, 1.82) is 0 Å². The highest BCUT2D eigenvalue weighted by Gasteiger charge is 2.63. The van der Waals surface area contributed by atoms with Gasteiger partial charge in [-0.15, -0.1) is 11.3 Å². The lowest BCUT2D eigenvalue weighted by atomic mass is 9.94. The van der Waals surface area contributed by atoms with Gasteiger partial charge in [0.15, 0.2) is 0 Å². The molecular formula is C15H16BrN3O4S. The molecule has 2 aliphatic rings. The number of hydrogen-bond donors (Lipinski definition) is 0. The van der Waals surface area contributed by atoms with E-state index in [1.54, 1.807) is 5.01 Å². The fourth-order valence-corrected chi connectivity index (χ4v) is 4.44. The quantitative estimate of drug-likeness (QED) is 0.708. The third kappa shape index (κ3) is 2.47. The molecule has 0 radical (unpaired) electrons. The van der Waals surface area contributed by atoms with Gasteiger partial charge in [-0.1, -0.05) is 28.6 Å². The van der Waals surface area contributed by atoms with Crippen molar-refractivity contribution in [3.05, 3.63) is 33.5 Å². The summed E-state index contributed by atoms with van der Waals surface area (Å²) in [6.07, 6.45) is -0.672. The number of rotatable bonds is 3. The Bertz CT molecular complexity index is 708. The first-order chi connectivity index (χ1) is 11.4. The SMILES string of the molecule is C=C(Br)CN1[C@H](c2cccs2)[C@H]2C(=O)N(C)C(=O)[C@H]2N1C(=O)OC. The van der Waals surface area contributed by atoms with Crippen LogP contribution < -0.4 is 0 Å². The number of fused-ring (bicyclic) bond motifs is 1. The number of nitrogens with zero attached hydrogens (tertiary/aromatic N) is 3. The van der Waals surface area contributed by atoms with E-state index in [1.807, 2.05) is 17.5 Å². The molecule has 1 aromatic rings. The summed E-state index contributed by atoms with van der Waals surface area (Å²) >= 11 is 4.78. The van der Waals surface area contributed by atoms with Crippen LogP contribution in [0.25, 0.3) is 0 Å². The predicted octanol–water partition coefficient (Wildman–Crippen LogP) is 1.98. The highest BCUT2D eigenvalue weighted by molar-refractivity contribution is 9.11. The van der Waals surface area contributed by atoms with E-state index in [1.165, 1.54) is 30.5 Å². The second-order valence-electron chi connectivity index (χ2n) is 5.60. The molecule has 2 saturated heterocycles. The van der Waals surface area contributed by atoms with Gasteiger partial charge in [0, 0.05) is 16.4 Å². The molecule has 24 heavy (non-hydrogen) atoms. The molecule has 0 bridgehead atoms. The Labute approximate surface area is 151 Å². The molecule has 3 amide bonds. The second kappa shape index (κ2) is 6.30. The van der Waals surface area contributed by atoms with E-state index < -0.39 is 30.0 Å². The van der Waals surface area contributed by atoms with Gasteiger partial charge < -0.3 is 4.74 Å². The first-order valence-electron chi connectivity index (χ1n) is 7.20. The van der Waals surface area contributed by atoms with Crippen LogP contribution in [0, 0.1) is 5.92 Å². The van der Waals surface area contributed by atoms with E-state index in [9.17, 15) is 14.4 Å². The smallest absolute Gasteiger partial charge is 0.424 e. The summed E-state index contributed by atoms with van der Waals surface area (Å²) in [6.45, 7) is 4.09. The fourth-order valence-electron chi connectivity index (χ4n) is 3.31. The number of halogens is 1. The molecule has 3 rings (SSSR count). The fraction of sp³-hybridized carbons (Fsp3) is 0.400. The zero-order valence-corrected chi connectivity index (χ0v) is 15.5. The summed E-state index contributed by atoms with van der Waals surface area (Å²) in [5.74, 6) is -1.35. The molecule has 0 spiro atoms. The molecule has 9 heteroatoms. The number of thiophene rings is 1. The zero-order valence-electron chi connectivity index (χ0n) is 13.1. The van der Waals surface area contributed by atoms with E-state index in [0.717, 1.165) is 9.78 Å². The molecular weight excluding hydrogens is 398 g/mol. The summed E-state index contributed by atoms with van der Waals surface area (Å²) in [7, 11) is 2.69. The number of amides is 3. The van der Waals surface area contributed by atoms with Gasteiger partial charge in [-0.05, 0) is 11.4 Å². The van der Waals surface area contributed by atoms with Crippen molar-refractivity contribution in [2.24, 2.45) is 5.92 Å². The van der Waals surface area contributed by atoms with Crippen molar-refractivity contribution in [3.63, 3.8) is 0 Å². The number of imide groups is 1. The topological polar surface area (TPSA) is 70.2 Å². The lowest BCUT2D eigenvalue weighted by molar-refractivity contribution is -0.142. The summed E-state index contributed by atoms with van der Waals surface area (Å²) < 4.78 is 5.49. The van der Waals surface area contributed by atoms with Gasteiger partial charge in [-0.3, -0.25) is 14.5 Å². The molecule has 1 aromatic heterocycles. The summed E-state index contributed by atoms with van der Waals surface area (Å²) in [4.78, 5) is 39.6. The molecule has 3 heterocycles. The van der Waals surface area contributed by atoms with Crippen LogP contribution in [0.4, 0.5) is 4.79 Å². The van der Waals surface area contributed by atoms with E-state index in [2.05, 4.69) is 22.5 Å². The molecule has 3 atom stereocenters.